The molecule has 0 aromatic carbocycles. The number of aryl methyl sites for hydroxylation is 1. The minimum atomic E-state index is -0.159. The first-order valence-electron chi connectivity index (χ1n) is 6.16. The molecule has 2 atom stereocenters. The summed E-state index contributed by atoms with van der Waals surface area (Å²) >= 11 is 0. The van der Waals surface area contributed by atoms with E-state index in [1.165, 1.54) is 12.0 Å². The maximum Gasteiger partial charge on any atom is 0.0693 e. The third-order valence-electron chi connectivity index (χ3n) is 3.24. The second kappa shape index (κ2) is 5.46. The van der Waals surface area contributed by atoms with Crippen molar-refractivity contribution in [2.45, 2.75) is 51.3 Å². The fraction of sp³-hybridized carbons (Fsp3) is 0.750. The van der Waals surface area contributed by atoms with E-state index in [9.17, 15) is 5.11 Å². The summed E-state index contributed by atoms with van der Waals surface area (Å²) in [6.45, 7) is 3.79. The molecule has 1 heterocycles. The number of rotatable bonds is 4. The molecule has 4 heteroatoms. The van der Waals surface area contributed by atoms with Gasteiger partial charge in [0.1, 0.15) is 0 Å². The quantitative estimate of drug-likeness (QED) is 0.803. The predicted molar refractivity (Wildman–Crippen MR) is 63.2 cm³/mol. The number of nitrogens with zero attached hydrogens (tertiary/aromatic N) is 2. The van der Waals surface area contributed by atoms with Crippen molar-refractivity contribution in [3.8, 4) is 0 Å². The van der Waals surface area contributed by atoms with Crippen molar-refractivity contribution in [2.75, 3.05) is 6.54 Å². The normalized spacial score (nSPS) is 25.9. The first kappa shape index (κ1) is 11.6. The van der Waals surface area contributed by atoms with Crippen LogP contribution in [0.25, 0.3) is 0 Å². The highest BCUT2D eigenvalue weighted by molar-refractivity contribution is 4.99. The van der Waals surface area contributed by atoms with E-state index >= 15 is 0 Å². The number of hydrogen-bond donors (Lipinski definition) is 2. The zero-order valence-corrected chi connectivity index (χ0v) is 9.89. The van der Waals surface area contributed by atoms with E-state index in [1.807, 2.05) is 24.0 Å². The fourth-order valence-electron chi connectivity index (χ4n) is 2.30. The first-order valence-corrected chi connectivity index (χ1v) is 6.16. The predicted octanol–water partition coefficient (Wildman–Crippen LogP) is 1.08. The summed E-state index contributed by atoms with van der Waals surface area (Å²) in [6.07, 6.45) is 8.19. The Bertz CT molecular complexity index is 324. The standard InChI is InChI=1S/C12H21N3O/c1-10-8-14-15(9-10)7-6-13-11-4-2-3-5-12(11)16/h8-9,11-13,16H,2-7H2,1H3. The molecule has 0 bridgehead atoms. The molecule has 1 aliphatic carbocycles. The third-order valence-corrected chi connectivity index (χ3v) is 3.24. The van der Waals surface area contributed by atoms with Gasteiger partial charge >= 0.3 is 0 Å². The molecule has 0 saturated heterocycles. The van der Waals surface area contributed by atoms with Gasteiger partial charge < -0.3 is 10.4 Å². The molecule has 1 aromatic heterocycles. The van der Waals surface area contributed by atoms with Crippen LogP contribution in [0, 0.1) is 6.92 Å². The van der Waals surface area contributed by atoms with E-state index in [-0.39, 0.29) is 12.1 Å². The molecule has 1 aliphatic rings. The van der Waals surface area contributed by atoms with Crippen molar-refractivity contribution in [1.82, 2.24) is 15.1 Å². The molecular formula is C12H21N3O. The summed E-state index contributed by atoms with van der Waals surface area (Å²) in [7, 11) is 0. The van der Waals surface area contributed by atoms with Gasteiger partial charge in [-0.2, -0.15) is 5.10 Å². The van der Waals surface area contributed by atoms with E-state index in [0.717, 1.165) is 32.4 Å². The van der Waals surface area contributed by atoms with Crippen molar-refractivity contribution in [3.63, 3.8) is 0 Å². The van der Waals surface area contributed by atoms with Gasteiger partial charge in [0.05, 0.1) is 18.8 Å². The topological polar surface area (TPSA) is 50.1 Å². The minimum Gasteiger partial charge on any atom is -0.392 e. The number of aliphatic hydroxyl groups is 1. The van der Waals surface area contributed by atoms with Crippen LogP contribution in [0.3, 0.4) is 0 Å². The number of aliphatic hydroxyl groups excluding tert-OH is 1. The van der Waals surface area contributed by atoms with Gasteiger partial charge in [0, 0.05) is 18.8 Å². The molecule has 1 fully saturated rings. The molecule has 0 amide bonds. The Hall–Kier alpha value is -0.870. The van der Waals surface area contributed by atoms with Crippen LogP contribution < -0.4 is 5.32 Å². The minimum absolute atomic E-state index is 0.159. The second-order valence-corrected chi connectivity index (χ2v) is 4.69. The lowest BCUT2D eigenvalue weighted by molar-refractivity contribution is 0.0905. The second-order valence-electron chi connectivity index (χ2n) is 4.69. The average molecular weight is 223 g/mol. The Balaban J connectivity index is 1.71. The van der Waals surface area contributed by atoms with Gasteiger partial charge in [-0.05, 0) is 25.3 Å². The molecule has 2 unspecified atom stereocenters. The molecule has 90 valence electrons. The molecule has 1 aromatic rings. The van der Waals surface area contributed by atoms with Gasteiger partial charge in [-0.15, -0.1) is 0 Å². The van der Waals surface area contributed by atoms with Crippen molar-refractivity contribution < 1.29 is 5.11 Å². The van der Waals surface area contributed by atoms with Crippen molar-refractivity contribution in [2.24, 2.45) is 0 Å². The molecule has 2 rings (SSSR count). The number of nitrogens with one attached hydrogen (secondary N) is 1. The SMILES string of the molecule is Cc1cnn(CCNC2CCCCC2O)c1. The largest absolute Gasteiger partial charge is 0.392 e. The highest BCUT2D eigenvalue weighted by Gasteiger charge is 2.21. The van der Waals surface area contributed by atoms with Crippen molar-refractivity contribution in [1.29, 1.82) is 0 Å². The zero-order chi connectivity index (χ0) is 11.4. The smallest absolute Gasteiger partial charge is 0.0693 e. The summed E-state index contributed by atoms with van der Waals surface area (Å²) in [6, 6.07) is 0.283. The van der Waals surface area contributed by atoms with Crippen molar-refractivity contribution >= 4 is 0 Å². The average Bonchev–Trinajstić information content (AvgIpc) is 2.67. The lowest BCUT2D eigenvalue weighted by Crippen LogP contribution is -2.43. The van der Waals surface area contributed by atoms with Crippen LogP contribution >= 0.6 is 0 Å². The van der Waals surface area contributed by atoms with E-state index in [0.29, 0.717) is 0 Å². The molecule has 0 radical (unpaired) electrons. The van der Waals surface area contributed by atoms with Gasteiger partial charge in [0.2, 0.25) is 0 Å². The lowest BCUT2D eigenvalue weighted by atomic mass is 9.93. The molecule has 2 N–H and O–H groups in total. The zero-order valence-electron chi connectivity index (χ0n) is 9.89. The molecule has 0 aliphatic heterocycles. The maximum absolute atomic E-state index is 9.79. The van der Waals surface area contributed by atoms with Crippen LogP contribution in [0.4, 0.5) is 0 Å². The summed E-state index contributed by atoms with van der Waals surface area (Å²) < 4.78 is 1.94. The van der Waals surface area contributed by atoms with Crippen LogP contribution in [-0.4, -0.2) is 33.6 Å². The van der Waals surface area contributed by atoms with Gasteiger partial charge in [-0.1, -0.05) is 12.8 Å². The summed E-state index contributed by atoms with van der Waals surface area (Å²) in [5, 5.41) is 17.4. The summed E-state index contributed by atoms with van der Waals surface area (Å²) in [5.41, 5.74) is 1.19. The van der Waals surface area contributed by atoms with E-state index in [4.69, 9.17) is 0 Å². The summed E-state index contributed by atoms with van der Waals surface area (Å²) in [4.78, 5) is 0. The monoisotopic (exact) mass is 223 g/mol. The van der Waals surface area contributed by atoms with E-state index in [2.05, 4.69) is 10.4 Å². The Kier molecular flexibility index (Phi) is 3.96. The number of hydrogen-bond acceptors (Lipinski definition) is 3. The van der Waals surface area contributed by atoms with Gasteiger partial charge in [-0.3, -0.25) is 4.68 Å². The van der Waals surface area contributed by atoms with Crippen LogP contribution in [0.15, 0.2) is 12.4 Å². The maximum atomic E-state index is 9.79. The number of aromatic nitrogens is 2. The molecule has 16 heavy (non-hydrogen) atoms. The highest BCUT2D eigenvalue weighted by atomic mass is 16.3. The molecule has 4 nitrogen and oxygen atoms in total. The Morgan fingerprint density at radius 1 is 1.50 bits per heavy atom. The van der Waals surface area contributed by atoms with Gasteiger partial charge in [-0.25, -0.2) is 0 Å². The molecular weight excluding hydrogens is 202 g/mol. The third kappa shape index (κ3) is 3.06. The van der Waals surface area contributed by atoms with E-state index in [1.54, 1.807) is 0 Å². The van der Waals surface area contributed by atoms with E-state index < -0.39 is 0 Å². The summed E-state index contributed by atoms with van der Waals surface area (Å²) in [5.74, 6) is 0. The van der Waals surface area contributed by atoms with Gasteiger partial charge in [0.25, 0.3) is 0 Å². The van der Waals surface area contributed by atoms with Gasteiger partial charge in [0.15, 0.2) is 0 Å². The molecule has 1 saturated carbocycles. The Morgan fingerprint density at radius 3 is 3.00 bits per heavy atom. The first-order chi connectivity index (χ1) is 7.75. The Morgan fingerprint density at radius 2 is 2.31 bits per heavy atom. The van der Waals surface area contributed by atoms with Crippen LogP contribution in [0.5, 0.6) is 0 Å². The Labute approximate surface area is 96.7 Å². The van der Waals surface area contributed by atoms with Crippen molar-refractivity contribution in [3.05, 3.63) is 18.0 Å². The van der Waals surface area contributed by atoms with Crippen LogP contribution in [0.1, 0.15) is 31.2 Å². The molecule has 0 spiro atoms. The van der Waals surface area contributed by atoms with Crippen LogP contribution in [-0.2, 0) is 6.54 Å². The fourth-order valence-corrected chi connectivity index (χ4v) is 2.30. The lowest BCUT2D eigenvalue weighted by Gasteiger charge is -2.28. The van der Waals surface area contributed by atoms with Crippen LogP contribution in [0.2, 0.25) is 0 Å². The highest BCUT2D eigenvalue weighted by Crippen LogP contribution is 2.17.